The molecule has 3 atom stereocenters. The quantitative estimate of drug-likeness (QED) is 0.0230. The molecular formula is C46H88N3O9P. The highest BCUT2D eigenvalue weighted by Gasteiger charge is 2.29. The lowest BCUT2D eigenvalue weighted by molar-refractivity contribution is -0.161. The Bertz CT molecular complexity index is 1110. The molecule has 0 saturated heterocycles. The van der Waals surface area contributed by atoms with Crippen molar-refractivity contribution >= 4 is 25.7 Å². The third-order valence-electron chi connectivity index (χ3n) is 10.1. The lowest BCUT2D eigenvalue weighted by Crippen LogP contribution is -2.42. The van der Waals surface area contributed by atoms with Gasteiger partial charge in [-0.1, -0.05) is 141 Å². The average molecular weight is 858 g/mol. The number of carbonyl (C=O) groups is 3. The molecule has 0 aromatic heterocycles. The first-order chi connectivity index (χ1) is 28.7. The first-order valence-electron chi connectivity index (χ1n) is 23.5. The predicted octanol–water partition coefficient (Wildman–Crippen LogP) is 11.1. The molecule has 0 aliphatic rings. The van der Waals surface area contributed by atoms with Crippen molar-refractivity contribution in [2.75, 3.05) is 40.0 Å². The van der Waals surface area contributed by atoms with E-state index in [2.05, 4.69) is 43.5 Å². The number of phosphoric ester groups is 1. The zero-order valence-corrected chi connectivity index (χ0v) is 38.7. The fourth-order valence-electron chi connectivity index (χ4n) is 6.39. The maximum atomic E-state index is 13.1. The average Bonchev–Trinajstić information content (AvgIpc) is 3.23. The molecule has 59 heavy (non-hydrogen) atoms. The molecule has 0 radical (unpaired) electrons. The van der Waals surface area contributed by atoms with E-state index in [4.69, 9.17) is 34.5 Å². The van der Waals surface area contributed by atoms with Crippen LogP contribution in [0.1, 0.15) is 200 Å². The number of hydrogen-bond acceptors (Lipinski definition) is 11. The van der Waals surface area contributed by atoms with Crippen LogP contribution in [0.3, 0.4) is 0 Å². The van der Waals surface area contributed by atoms with Crippen LogP contribution in [0.15, 0.2) is 24.3 Å². The van der Waals surface area contributed by atoms with Crippen LogP contribution >= 0.6 is 7.82 Å². The van der Waals surface area contributed by atoms with E-state index in [-0.39, 0.29) is 45.8 Å². The maximum Gasteiger partial charge on any atom is 0.474 e. The van der Waals surface area contributed by atoms with Gasteiger partial charge in [-0.2, -0.15) is 0 Å². The van der Waals surface area contributed by atoms with Crippen LogP contribution < -0.4 is 16.8 Å². The molecule has 3 unspecified atom stereocenters. The fourth-order valence-corrected chi connectivity index (χ4v) is 7.34. The van der Waals surface area contributed by atoms with Gasteiger partial charge in [0.25, 0.3) is 0 Å². The van der Waals surface area contributed by atoms with Crippen LogP contribution in [0.5, 0.6) is 0 Å². The number of phosphoric acid groups is 1. The largest absolute Gasteiger partial charge is 0.474 e. The van der Waals surface area contributed by atoms with E-state index in [9.17, 15) is 18.9 Å². The van der Waals surface area contributed by atoms with Gasteiger partial charge in [0.2, 0.25) is 5.91 Å². The van der Waals surface area contributed by atoms with Gasteiger partial charge in [-0.3, -0.25) is 28.0 Å². The van der Waals surface area contributed by atoms with E-state index in [0.29, 0.717) is 19.3 Å². The van der Waals surface area contributed by atoms with Crippen molar-refractivity contribution in [1.82, 2.24) is 5.32 Å². The lowest BCUT2D eigenvalue weighted by Gasteiger charge is -2.21. The first-order valence-corrected chi connectivity index (χ1v) is 25.0. The second kappa shape index (κ2) is 42.6. The van der Waals surface area contributed by atoms with Crippen LogP contribution in [0.4, 0.5) is 0 Å². The summed E-state index contributed by atoms with van der Waals surface area (Å²) in [5.41, 5.74) is 11.2. The molecule has 0 heterocycles. The molecule has 0 aliphatic carbocycles. The summed E-state index contributed by atoms with van der Waals surface area (Å²) in [5, 5.41) is 2.58. The molecule has 346 valence electrons. The van der Waals surface area contributed by atoms with E-state index in [1.54, 1.807) is 0 Å². The Morgan fingerprint density at radius 1 is 0.610 bits per heavy atom. The fraction of sp³-hybridized carbons (Fsp3) is 0.848. The molecule has 1 amide bonds. The number of carbonyl (C=O) groups excluding carboxylic acids is 3. The molecule has 0 aromatic rings. The lowest BCUT2D eigenvalue weighted by atomic mass is 10.1. The number of amides is 1. The van der Waals surface area contributed by atoms with Gasteiger partial charge in [0.05, 0.1) is 19.3 Å². The number of nitrogens with two attached hydrogens (primary N) is 2. The van der Waals surface area contributed by atoms with Crippen molar-refractivity contribution in [3.8, 4) is 0 Å². The van der Waals surface area contributed by atoms with Crippen LogP contribution in [-0.4, -0.2) is 70.0 Å². The highest BCUT2D eigenvalue weighted by molar-refractivity contribution is 7.48. The monoisotopic (exact) mass is 858 g/mol. The van der Waals surface area contributed by atoms with Crippen LogP contribution in [-0.2, 0) is 42.0 Å². The van der Waals surface area contributed by atoms with Gasteiger partial charge in [0.1, 0.15) is 6.61 Å². The van der Waals surface area contributed by atoms with Gasteiger partial charge in [-0.25, -0.2) is 4.57 Å². The highest BCUT2D eigenvalue weighted by Crippen LogP contribution is 2.48. The Morgan fingerprint density at radius 2 is 1.05 bits per heavy atom. The number of allylic oxidation sites excluding steroid dienone is 4. The summed E-state index contributed by atoms with van der Waals surface area (Å²) >= 11 is 0. The summed E-state index contributed by atoms with van der Waals surface area (Å²) in [6.07, 6.45) is 39.2. The zero-order chi connectivity index (χ0) is 43.5. The Balaban J connectivity index is 4.64. The zero-order valence-electron chi connectivity index (χ0n) is 37.8. The van der Waals surface area contributed by atoms with Gasteiger partial charge in [0.15, 0.2) is 6.10 Å². The minimum Gasteiger partial charge on any atom is -0.462 e. The normalized spacial score (nSPS) is 13.8. The Hall–Kier alpha value is -2.08. The third-order valence-corrected chi connectivity index (χ3v) is 11.5. The molecule has 13 heteroatoms. The van der Waals surface area contributed by atoms with Crippen molar-refractivity contribution in [3.05, 3.63) is 24.3 Å². The van der Waals surface area contributed by atoms with E-state index in [1.165, 1.54) is 89.9 Å². The Kier molecular flexibility index (Phi) is 41.1. The second-order valence-corrected chi connectivity index (χ2v) is 17.5. The molecule has 12 nitrogen and oxygen atoms in total. The number of ether oxygens (including phenoxy) is 2. The van der Waals surface area contributed by atoms with Crippen molar-refractivity contribution in [1.29, 1.82) is 0 Å². The highest BCUT2D eigenvalue weighted by atomic mass is 31.2. The molecular weight excluding hydrogens is 769 g/mol. The Morgan fingerprint density at radius 3 is 1.51 bits per heavy atom. The summed E-state index contributed by atoms with van der Waals surface area (Å²) in [5.74, 6) is -1.25. The van der Waals surface area contributed by atoms with Crippen molar-refractivity contribution < 1.29 is 42.0 Å². The Labute approximate surface area is 360 Å². The SMILES string of the molecule is CCCCCCCCC=CCCCCCCCC(=O)OCC(COP(=O)(OC)OCCNC(=O)C(N)CCN)OC(=O)CCCCCCCC=CCCCCCCCC. The summed E-state index contributed by atoms with van der Waals surface area (Å²) in [6.45, 7) is 3.96. The molecule has 0 saturated carbocycles. The molecule has 0 rings (SSSR count). The van der Waals surface area contributed by atoms with Gasteiger partial charge >= 0.3 is 19.8 Å². The predicted molar refractivity (Wildman–Crippen MR) is 241 cm³/mol. The van der Waals surface area contributed by atoms with Gasteiger partial charge < -0.3 is 26.3 Å². The van der Waals surface area contributed by atoms with E-state index >= 15 is 0 Å². The van der Waals surface area contributed by atoms with Crippen molar-refractivity contribution in [2.24, 2.45) is 11.5 Å². The molecule has 0 spiro atoms. The number of nitrogens with one attached hydrogen (secondary N) is 1. The summed E-state index contributed by atoms with van der Waals surface area (Å²) in [7, 11) is -2.92. The number of hydrogen-bond donors (Lipinski definition) is 3. The summed E-state index contributed by atoms with van der Waals surface area (Å²) in [6, 6.07) is -0.757. The van der Waals surface area contributed by atoms with Gasteiger partial charge in [0, 0.05) is 26.5 Å². The van der Waals surface area contributed by atoms with Gasteiger partial charge in [-0.05, 0) is 77.2 Å². The third kappa shape index (κ3) is 38.6. The minimum atomic E-state index is -4.08. The van der Waals surface area contributed by atoms with Crippen molar-refractivity contribution in [3.63, 3.8) is 0 Å². The molecule has 0 fully saturated rings. The first kappa shape index (κ1) is 56.9. The number of unbranched alkanes of at least 4 members (excludes halogenated alkanes) is 22. The van der Waals surface area contributed by atoms with Crippen LogP contribution in [0, 0.1) is 0 Å². The standard InChI is InChI=1S/C46H88N3O9P/c1-4-6-8-10-12-14-16-18-20-22-24-26-28-30-32-34-44(50)55-40-42(41-57-59(53,54-3)56-39-38-49-46(52)43(48)36-37-47)58-45(51)35-33-31-29-27-25-23-21-19-17-15-13-11-9-7-5-2/h18-21,42-43H,4-17,22-41,47-48H2,1-3H3,(H,49,52). The topological polar surface area (TPSA) is 178 Å². The summed E-state index contributed by atoms with van der Waals surface area (Å²) in [4.78, 5) is 37.4. The molecule has 0 bridgehead atoms. The molecule has 0 aromatic carbocycles. The summed E-state index contributed by atoms with van der Waals surface area (Å²) < 4.78 is 40.0. The van der Waals surface area contributed by atoms with E-state index < -0.39 is 37.8 Å². The van der Waals surface area contributed by atoms with Crippen LogP contribution in [0.25, 0.3) is 0 Å². The molecule has 0 aliphatic heterocycles. The molecule has 5 N–H and O–H groups in total. The van der Waals surface area contributed by atoms with Gasteiger partial charge in [-0.15, -0.1) is 0 Å². The maximum absolute atomic E-state index is 13.1. The number of esters is 2. The minimum absolute atomic E-state index is 0.0101. The second-order valence-electron chi connectivity index (χ2n) is 15.7. The smallest absolute Gasteiger partial charge is 0.462 e. The number of rotatable bonds is 44. The van der Waals surface area contributed by atoms with Crippen LogP contribution in [0.2, 0.25) is 0 Å². The van der Waals surface area contributed by atoms with E-state index in [0.717, 1.165) is 71.3 Å². The van der Waals surface area contributed by atoms with Crippen molar-refractivity contribution in [2.45, 2.75) is 212 Å². The van der Waals surface area contributed by atoms with E-state index in [1.807, 2.05) is 0 Å².